The minimum atomic E-state index is -0.500. The Morgan fingerprint density at radius 1 is 1.10 bits per heavy atom. The molecule has 2 amide bonds. The molecule has 0 aliphatic heterocycles. The van der Waals surface area contributed by atoms with Gasteiger partial charge in [-0.15, -0.1) is 0 Å². The summed E-state index contributed by atoms with van der Waals surface area (Å²) in [7, 11) is 1.54. The third kappa shape index (κ3) is 6.42. The summed E-state index contributed by atoms with van der Waals surface area (Å²) in [6.45, 7) is 1.37. The predicted octanol–water partition coefficient (Wildman–Crippen LogP) is 3.37. The first-order valence-corrected chi connectivity index (χ1v) is 10.1. The van der Waals surface area contributed by atoms with Crippen molar-refractivity contribution >= 4 is 34.7 Å². The maximum absolute atomic E-state index is 13.0. The van der Waals surface area contributed by atoms with Gasteiger partial charge < -0.3 is 19.7 Å². The Hall–Kier alpha value is -3.65. The fourth-order valence-corrected chi connectivity index (χ4v) is 3.02. The number of rotatable bonds is 10. The van der Waals surface area contributed by atoms with Gasteiger partial charge in [0.25, 0.3) is 5.91 Å². The van der Waals surface area contributed by atoms with Gasteiger partial charge in [0.1, 0.15) is 6.61 Å². The average molecular weight is 422 g/mol. The van der Waals surface area contributed by atoms with Crippen LogP contribution in [0.3, 0.4) is 0 Å². The lowest BCUT2D eigenvalue weighted by molar-refractivity contribution is -0.114. The minimum Gasteiger partial charge on any atom is -0.447 e. The van der Waals surface area contributed by atoms with Crippen molar-refractivity contribution in [1.29, 1.82) is 0 Å². The number of para-hydroxylation sites is 2. The van der Waals surface area contributed by atoms with E-state index in [0.717, 1.165) is 16.6 Å². The van der Waals surface area contributed by atoms with Crippen molar-refractivity contribution < 1.29 is 19.1 Å². The molecule has 2 aromatic carbocycles. The first-order chi connectivity index (χ1) is 15.2. The van der Waals surface area contributed by atoms with E-state index in [2.05, 4.69) is 15.5 Å². The Morgan fingerprint density at radius 3 is 2.68 bits per heavy atom. The van der Waals surface area contributed by atoms with Crippen LogP contribution in [-0.2, 0) is 14.3 Å². The Labute approximate surface area is 180 Å². The molecule has 31 heavy (non-hydrogen) atoms. The lowest BCUT2D eigenvalue weighted by Gasteiger charge is -2.21. The number of hydrogen-bond donors (Lipinski definition) is 2. The van der Waals surface area contributed by atoms with E-state index < -0.39 is 6.09 Å². The standard InChI is InChI=1S/C23H26N4O4/c1-30-16-17-31-23(29)24-14-7-15-27(18-8-3-2-4-9-18)22(28)13-12-21-19-10-5-6-11-20(19)25-26-21/h2-6,8-13H,7,14-17H2,1H3,(H,24,29)(H,25,26)/b13-12+. The van der Waals surface area contributed by atoms with Crippen LogP contribution in [0.15, 0.2) is 60.7 Å². The summed E-state index contributed by atoms with van der Waals surface area (Å²) in [6, 6.07) is 17.2. The highest BCUT2D eigenvalue weighted by Crippen LogP contribution is 2.18. The van der Waals surface area contributed by atoms with Crippen LogP contribution in [0.2, 0.25) is 0 Å². The number of nitrogens with one attached hydrogen (secondary N) is 2. The summed E-state index contributed by atoms with van der Waals surface area (Å²) in [5.74, 6) is -0.166. The van der Waals surface area contributed by atoms with E-state index >= 15 is 0 Å². The summed E-state index contributed by atoms with van der Waals surface area (Å²) in [6.07, 6.45) is 3.30. The lowest BCUT2D eigenvalue weighted by Crippen LogP contribution is -2.33. The van der Waals surface area contributed by atoms with Gasteiger partial charge in [0.05, 0.1) is 17.8 Å². The molecule has 162 valence electrons. The number of fused-ring (bicyclic) bond motifs is 1. The second-order valence-corrected chi connectivity index (χ2v) is 6.72. The van der Waals surface area contributed by atoms with Crippen molar-refractivity contribution in [3.8, 4) is 0 Å². The van der Waals surface area contributed by atoms with Crippen LogP contribution in [-0.4, -0.2) is 55.6 Å². The van der Waals surface area contributed by atoms with Crippen LogP contribution >= 0.6 is 0 Å². The summed E-state index contributed by atoms with van der Waals surface area (Å²) in [5, 5.41) is 10.9. The van der Waals surface area contributed by atoms with Crippen molar-refractivity contribution in [2.75, 3.05) is 38.3 Å². The number of nitrogens with zero attached hydrogens (tertiary/aromatic N) is 2. The van der Waals surface area contributed by atoms with Crippen LogP contribution < -0.4 is 10.2 Å². The van der Waals surface area contributed by atoms with Gasteiger partial charge in [-0.25, -0.2) is 4.79 Å². The van der Waals surface area contributed by atoms with E-state index in [4.69, 9.17) is 9.47 Å². The number of hydrogen-bond acceptors (Lipinski definition) is 5. The zero-order valence-corrected chi connectivity index (χ0v) is 17.4. The van der Waals surface area contributed by atoms with Crippen molar-refractivity contribution in [1.82, 2.24) is 15.5 Å². The van der Waals surface area contributed by atoms with Crippen molar-refractivity contribution in [2.45, 2.75) is 6.42 Å². The molecule has 1 heterocycles. The zero-order chi connectivity index (χ0) is 21.9. The number of amides is 2. The number of alkyl carbamates (subject to hydrolysis) is 1. The molecular formula is C23H26N4O4. The molecular weight excluding hydrogens is 396 g/mol. The zero-order valence-electron chi connectivity index (χ0n) is 17.4. The highest BCUT2D eigenvalue weighted by molar-refractivity contribution is 6.04. The third-order valence-electron chi connectivity index (χ3n) is 4.57. The number of anilines is 1. The maximum atomic E-state index is 13.0. The first-order valence-electron chi connectivity index (χ1n) is 10.1. The maximum Gasteiger partial charge on any atom is 0.407 e. The fraction of sp³-hybridized carbons (Fsp3) is 0.261. The van der Waals surface area contributed by atoms with E-state index in [0.29, 0.717) is 31.8 Å². The van der Waals surface area contributed by atoms with Gasteiger partial charge in [-0.1, -0.05) is 36.4 Å². The van der Waals surface area contributed by atoms with Gasteiger partial charge in [-0.2, -0.15) is 5.10 Å². The number of aromatic amines is 1. The Morgan fingerprint density at radius 2 is 1.87 bits per heavy atom. The molecule has 0 radical (unpaired) electrons. The molecule has 0 saturated carbocycles. The van der Waals surface area contributed by atoms with Crippen molar-refractivity contribution in [2.24, 2.45) is 0 Å². The topological polar surface area (TPSA) is 96.6 Å². The van der Waals surface area contributed by atoms with Gasteiger partial charge in [0.2, 0.25) is 0 Å². The molecule has 8 nitrogen and oxygen atoms in total. The largest absolute Gasteiger partial charge is 0.447 e. The molecule has 3 aromatic rings. The van der Waals surface area contributed by atoms with Crippen LogP contribution in [0.4, 0.5) is 10.5 Å². The highest BCUT2D eigenvalue weighted by atomic mass is 16.6. The Kier molecular flexibility index (Phi) is 8.19. The van der Waals surface area contributed by atoms with E-state index in [1.165, 1.54) is 6.08 Å². The smallest absolute Gasteiger partial charge is 0.407 e. The molecule has 0 atom stereocenters. The molecule has 0 unspecified atom stereocenters. The van der Waals surface area contributed by atoms with Crippen LogP contribution in [0.25, 0.3) is 17.0 Å². The van der Waals surface area contributed by atoms with Gasteiger partial charge in [0.15, 0.2) is 0 Å². The molecule has 0 bridgehead atoms. The number of carbonyl (C=O) groups excluding carboxylic acids is 2. The van der Waals surface area contributed by atoms with Gasteiger partial charge in [0, 0.05) is 37.3 Å². The summed E-state index contributed by atoms with van der Waals surface area (Å²) in [5.41, 5.74) is 2.40. The monoisotopic (exact) mass is 422 g/mol. The molecule has 2 N–H and O–H groups in total. The fourth-order valence-electron chi connectivity index (χ4n) is 3.02. The van der Waals surface area contributed by atoms with Gasteiger partial charge in [-0.05, 0) is 30.7 Å². The molecule has 0 fully saturated rings. The van der Waals surface area contributed by atoms with Crippen LogP contribution in [0, 0.1) is 0 Å². The molecule has 0 saturated heterocycles. The van der Waals surface area contributed by atoms with Gasteiger partial charge >= 0.3 is 6.09 Å². The number of benzene rings is 2. The van der Waals surface area contributed by atoms with E-state index in [1.54, 1.807) is 18.1 Å². The van der Waals surface area contributed by atoms with E-state index in [1.807, 2.05) is 54.6 Å². The second kappa shape index (κ2) is 11.5. The quantitative estimate of drug-likeness (QED) is 0.386. The first kappa shape index (κ1) is 22.0. The molecule has 8 heteroatoms. The molecule has 1 aromatic heterocycles. The normalized spacial score (nSPS) is 11.0. The second-order valence-electron chi connectivity index (χ2n) is 6.72. The summed E-state index contributed by atoms with van der Waals surface area (Å²) < 4.78 is 9.80. The number of carbonyl (C=O) groups is 2. The van der Waals surface area contributed by atoms with E-state index in [9.17, 15) is 9.59 Å². The number of methoxy groups -OCH3 is 1. The average Bonchev–Trinajstić information content (AvgIpc) is 3.21. The van der Waals surface area contributed by atoms with Crippen LogP contribution in [0.5, 0.6) is 0 Å². The number of H-pyrrole nitrogens is 1. The minimum absolute atomic E-state index is 0.166. The number of ether oxygens (including phenoxy) is 2. The molecule has 0 aliphatic rings. The van der Waals surface area contributed by atoms with Crippen molar-refractivity contribution in [3.05, 3.63) is 66.4 Å². The lowest BCUT2D eigenvalue weighted by atomic mass is 10.2. The third-order valence-corrected chi connectivity index (χ3v) is 4.57. The van der Waals surface area contributed by atoms with Crippen LogP contribution in [0.1, 0.15) is 12.1 Å². The van der Waals surface area contributed by atoms with E-state index in [-0.39, 0.29) is 12.5 Å². The SMILES string of the molecule is COCCOC(=O)NCCCN(C(=O)/C=C/c1n[nH]c2ccccc12)c1ccccc1. The Bertz CT molecular complexity index is 1020. The molecule has 0 aliphatic carbocycles. The van der Waals surface area contributed by atoms with Crippen molar-refractivity contribution in [3.63, 3.8) is 0 Å². The Balaban J connectivity index is 1.61. The predicted molar refractivity (Wildman–Crippen MR) is 120 cm³/mol. The summed E-state index contributed by atoms with van der Waals surface area (Å²) in [4.78, 5) is 26.2. The summed E-state index contributed by atoms with van der Waals surface area (Å²) >= 11 is 0. The van der Waals surface area contributed by atoms with Gasteiger partial charge in [-0.3, -0.25) is 9.89 Å². The molecule has 0 spiro atoms. The molecule has 3 rings (SSSR count). The number of aromatic nitrogens is 2. The highest BCUT2D eigenvalue weighted by Gasteiger charge is 2.13.